The van der Waals surface area contributed by atoms with Crippen LogP contribution in [0.1, 0.15) is 25.8 Å². The minimum absolute atomic E-state index is 0.0224. The largest absolute Gasteiger partial charge is 0.493 e. The van der Waals surface area contributed by atoms with Crippen LogP contribution in [0.2, 0.25) is 5.02 Å². The van der Waals surface area contributed by atoms with E-state index in [0.717, 1.165) is 11.3 Å². The maximum Gasteiger partial charge on any atom is 0.226 e. The van der Waals surface area contributed by atoms with Gasteiger partial charge in [-0.25, -0.2) is 0 Å². The molecule has 2 amide bonds. The van der Waals surface area contributed by atoms with E-state index in [1.54, 1.807) is 24.3 Å². The number of anilines is 1. The van der Waals surface area contributed by atoms with Gasteiger partial charge in [0.15, 0.2) is 0 Å². The number of carbonyl (C=O) groups excluding carboxylic acids is 2. The summed E-state index contributed by atoms with van der Waals surface area (Å²) in [5.41, 5.74) is 1.70. The van der Waals surface area contributed by atoms with Gasteiger partial charge >= 0.3 is 0 Å². The van der Waals surface area contributed by atoms with E-state index in [2.05, 4.69) is 10.6 Å². The van der Waals surface area contributed by atoms with Gasteiger partial charge in [0.05, 0.1) is 13.0 Å². The highest BCUT2D eigenvalue weighted by atomic mass is 35.5. The molecule has 138 valence electrons. The van der Waals surface area contributed by atoms with E-state index < -0.39 is 0 Å². The third-order valence-electron chi connectivity index (χ3n) is 3.63. The quantitative estimate of drug-likeness (QED) is 0.733. The van der Waals surface area contributed by atoms with E-state index in [4.69, 9.17) is 16.3 Å². The van der Waals surface area contributed by atoms with Gasteiger partial charge in [-0.3, -0.25) is 9.59 Å². The molecule has 0 heterocycles. The molecule has 0 aliphatic carbocycles. The lowest BCUT2D eigenvalue weighted by Gasteiger charge is -2.10. The molecule has 26 heavy (non-hydrogen) atoms. The van der Waals surface area contributed by atoms with Crippen LogP contribution in [0.3, 0.4) is 0 Å². The molecule has 2 N–H and O–H groups in total. The van der Waals surface area contributed by atoms with Crippen molar-refractivity contribution in [3.63, 3.8) is 0 Å². The van der Waals surface area contributed by atoms with Crippen LogP contribution in [0.15, 0.2) is 48.5 Å². The fraction of sp³-hybridized carbons (Fsp3) is 0.300. The molecule has 0 saturated heterocycles. The summed E-state index contributed by atoms with van der Waals surface area (Å²) in [6, 6.07) is 14.5. The Hall–Kier alpha value is -2.53. The van der Waals surface area contributed by atoms with Crippen molar-refractivity contribution in [1.29, 1.82) is 0 Å². The Balaban J connectivity index is 1.70. The lowest BCUT2D eigenvalue weighted by molar-refractivity contribution is -0.121. The zero-order chi connectivity index (χ0) is 18.9. The van der Waals surface area contributed by atoms with Crippen LogP contribution in [0, 0.1) is 5.92 Å². The third-order valence-corrected chi connectivity index (χ3v) is 3.86. The smallest absolute Gasteiger partial charge is 0.226 e. The van der Waals surface area contributed by atoms with Gasteiger partial charge in [-0.15, -0.1) is 0 Å². The van der Waals surface area contributed by atoms with Crippen LogP contribution in [-0.4, -0.2) is 18.4 Å². The molecule has 0 unspecified atom stereocenters. The van der Waals surface area contributed by atoms with Crippen molar-refractivity contribution in [2.24, 2.45) is 5.92 Å². The minimum atomic E-state index is -0.0933. The summed E-state index contributed by atoms with van der Waals surface area (Å²) in [7, 11) is 0. The highest BCUT2D eigenvalue weighted by Gasteiger charge is 2.07. The topological polar surface area (TPSA) is 67.4 Å². The maximum atomic E-state index is 11.9. The van der Waals surface area contributed by atoms with Gasteiger partial charge in [-0.2, -0.15) is 0 Å². The highest BCUT2D eigenvalue weighted by Crippen LogP contribution is 2.17. The van der Waals surface area contributed by atoms with Crippen molar-refractivity contribution in [3.05, 3.63) is 59.1 Å². The molecule has 0 saturated carbocycles. The van der Waals surface area contributed by atoms with Gasteiger partial charge in [0.2, 0.25) is 11.8 Å². The fourth-order valence-corrected chi connectivity index (χ4v) is 2.28. The number of carbonyl (C=O) groups is 2. The molecule has 2 aromatic carbocycles. The number of nitrogens with one attached hydrogen (secondary N) is 2. The number of rotatable bonds is 8. The van der Waals surface area contributed by atoms with E-state index in [9.17, 15) is 9.59 Å². The number of hydrogen-bond donors (Lipinski definition) is 2. The van der Waals surface area contributed by atoms with Gasteiger partial charge in [0.25, 0.3) is 0 Å². The first-order valence-corrected chi connectivity index (χ1v) is 8.86. The molecular formula is C20H23ClN2O3. The van der Waals surface area contributed by atoms with Crippen molar-refractivity contribution in [3.8, 4) is 5.75 Å². The van der Waals surface area contributed by atoms with Crippen LogP contribution in [0.25, 0.3) is 0 Å². The molecule has 0 fully saturated rings. The Morgan fingerprint density at radius 3 is 2.50 bits per heavy atom. The monoisotopic (exact) mass is 374 g/mol. The van der Waals surface area contributed by atoms with Crippen LogP contribution < -0.4 is 15.4 Å². The van der Waals surface area contributed by atoms with Gasteiger partial charge in [-0.05, 0) is 35.9 Å². The molecule has 0 bridgehead atoms. The lowest BCUT2D eigenvalue weighted by Crippen LogP contribution is -2.24. The SMILES string of the molecule is CC(C)C(=O)Nc1ccc(CNC(=O)CCOc2cccc(Cl)c2)cc1. The summed E-state index contributed by atoms with van der Waals surface area (Å²) in [5, 5.41) is 6.27. The third kappa shape index (κ3) is 6.76. The van der Waals surface area contributed by atoms with Gasteiger partial charge in [0.1, 0.15) is 5.75 Å². The number of ether oxygens (including phenoxy) is 1. The molecule has 6 heteroatoms. The summed E-state index contributed by atoms with van der Waals surface area (Å²) < 4.78 is 5.50. The average molecular weight is 375 g/mol. The second-order valence-electron chi connectivity index (χ2n) is 6.17. The van der Waals surface area contributed by atoms with E-state index in [-0.39, 0.29) is 30.8 Å². The zero-order valence-electron chi connectivity index (χ0n) is 14.9. The van der Waals surface area contributed by atoms with Gasteiger partial charge < -0.3 is 15.4 Å². The summed E-state index contributed by atoms with van der Waals surface area (Å²) in [6.07, 6.45) is 0.259. The molecule has 5 nitrogen and oxygen atoms in total. The van der Waals surface area contributed by atoms with Crippen LogP contribution in [-0.2, 0) is 16.1 Å². The Morgan fingerprint density at radius 1 is 1.12 bits per heavy atom. The Kier molecular flexibility index (Phi) is 7.48. The number of amides is 2. The van der Waals surface area contributed by atoms with Crippen molar-refractivity contribution < 1.29 is 14.3 Å². The Bertz CT molecular complexity index is 745. The predicted molar refractivity (Wildman–Crippen MR) is 103 cm³/mol. The molecule has 0 aliphatic rings. The molecule has 0 aromatic heterocycles. The van der Waals surface area contributed by atoms with Crippen molar-refractivity contribution in [1.82, 2.24) is 5.32 Å². The highest BCUT2D eigenvalue weighted by molar-refractivity contribution is 6.30. The lowest BCUT2D eigenvalue weighted by atomic mass is 10.1. The summed E-state index contributed by atoms with van der Waals surface area (Å²) in [5.74, 6) is 0.461. The number of benzene rings is 2. The molecular weight excluding hydrogens is 352 g/mol. The van der Waals surface area contributed by atoms with Crippen molar-refractivity contribution in [2.75, 3.05) is 11.9 Å². The van der Waals surface area contributed by atoms with Crippen molar-refractivity contribution >= 4 is 29.1 Å². The maximum absolute atomic E-state index is 11.9. The summed E-state index contributed by atoms with van der Waals surface area (Å²) >= 11 is 5.88. The van der Waals surface area contributed by atoms with Crippen LogP contribution >= 0.6 is 11.6 Å². The summed E-state index contributed by atoms with van der Waals surface area (Å²) in [4.78, 5) is 23.5. The van der Waals surface area contributed by atoms with E-state index in [1.807, 2.05) is 38.1 Å². The fourth-order valence-electron chi connectivity index (χ4n) is 2.10. The first kappa shape index (κ1) is 19.8. The Labute approximate surface area is 158 Å². The Morgan fingerprint density at radius 2 is 1.85 bits per heavy atom. The predicted octanol–water partition coefficient (Wildman–Crippen LogP) is 4.02. The second kappa shape index (κ2) is 9.82. The normalized spacial score (nSPS) is 10.5. The van der Waals surface area contributed by atoms with Crippen LogP contribution in [0.4, 0.5) is 5.69 Å². The van der Waals surface area contributed by atoms with Crippen molar-refractivity contribution in [2.45, 2.75) is 26.8 Å². The van der Waals surface area contributed by atoms with E-state index in [0.29, 0.717) is 17.3 Å². The van der Waals surface area contributed by atoms with E-state index >= 15 is 0 Å². The standard InChI is InChI=1S/C20H23ClN2O3/c1-14(2)20(25)23-17-8-6-15(7-9-17)13-22-19(24)10-11-26-18-5-3-4-16(21)12-18/h3-9,12,14H,10-11,13H2,1-2H3,(H,22,24)(H,23,25). The molecule has 0 spiro atoms. The van der Waals surface area contributed by atoms with Crippen LogP contribution in [0.5, 0.6) is 5.75 Å². The number of halogens is 1. The molecule has 2 rings (SSSR count). The first-order chi connectivity index (χ1) is 12.4. The average Bonchev–Trinajstić information content (AvgIpc) is 2.61. The second-order valence-corrected chi connectivity index (χ2v) is 6.61. The molecule has 0 atom stereocenters. The summed E-state index contributed by atoms with van der Waals surface area (Å²) in [6.45, 7) is 4.39. The first-order valence-electron chi connectivity index (χ1n) is 8.49. The minimum Gasteiger partial charge on any atom is -0.493 e. The zero-order valence-corrected chi connectivity index (χ0v) is 15.7. The molecule has 0 radical (unpaired) electrons. The number of hydrogen-bond acceptors (Lipinski definition) is 3. The van der Waals surface area contributed by atoms with E-state index in [1.165, 1.54) is 0 Å². The molecule has 2 aromatic rings. The van der Waals surface area contributed by atoms with Gasteiger partial charge in [-0.1, -0.05) is 43.6 Å². The van der Waals surface area contributed by atoms with Gasteiger partial charge in [0, 0.05) is 23.2 Å². The molecule has 0 aliphatic heterocycles.